The lowest BCUT2D eigenvalue weighted by molar-refractivity contribution is -0.117. The molecule has 0 bridgehead atoms. The van der Waals surface area contributed by atoms with Crippen molar-refractivity contribution in [1.29, 1.82) is 0 Å². The van der Waals surface area contributed by atoms with Crippen LogP contribution in [0.3, 0.4) is 0 Å². The maximum absolute atomic E-state index is 13.6. The van der Waals surface area contributed by atoms with E-state index in [0.29, 0.717) is 43.0 Å². The van der Waals surface area contributed by atoms with Gasteiger partial charge in [-0.3, -0.25) is 14.3 Å². The molecule has 5 amide bonds. The third-order valence-electron chi connectivity index (χ3n) is 8.19. The quantitative estimate of drug-likeness (QED) is 0.0459. The van der Waals surface area contributed by atoms with E-state index in [2.05, 4.69) is 27.8 Å². The Labute approximate surface area is 303 Å². The van der Waals surface area contributed by atoms with Gasteiger partial charge in [-0.2, -0.15) is 0 Å². The number of anilines is 1. The van der Waals surface area contributed by atoms with Gasteiger partial charge in [-0.25, -0.2) is 9.59 Å². The first-order valence-electron chi connectivity index (χ1n) is 18.4. The molecule has 1 atom stereocenters. The highest BCUT2D eigenvalue weighted by atomic mass is 31.2. The Morgan fingerprint density at radius 3 is 1.94 bits per heavy atom. The summed E-state index contributed by atoms with van der Waals surface area (Å²) in [5.41, 5.74) is -0.00386. The summed E-state index contributed by atoms with van der Waals surface area (Å²) >= 11 is 0. The molecule has 0 saturated carbocycles. The SMILES string of the molecule is C=C(N(C=O)CCCCCCNC)N(CCCCCCNC)C(=O)N(C)CCCCCCNC(=O)Nc1cccc(P(C)(=O)OC(C)(C)C)c1. The molecule has 286 valence electrons. The monoisotopic (exact) mass is 722 g/mol. The van der Waals surface area contributed by atoms with E-state index in [1.54, 1.807) is 52.7 Å². The maximum Gasteiger partial charge on any atom is 0.325 e. The molecule has 13 heteroatoms. The van der Waals surface area contributed by atoms with Crippen molar-refractivity contribution in [3.63, 3.8) is 0 Å². The fourth-order valence-corrected chi connectivity index (χ4v) is 7.39. The summed E-state index contributed by atoms with van der Waals surface area (Å²) in [6, 6.07) is 6.48. The second kappa shape index (κ2) is 25.1. The molecule has 0 heterocycles. The lowest BCUT2D eigenvalue weighted by Crippen LogP contribution is -2.45. The first-order valence-corrected chi connectivity index (χ1v) is 20.5. The number of benzene rings is 1. The van der Waals surface area contributed by atoms with Crippen LogP contribution in [0.1, 0.15) is 97.8 Å². The Balaban J connectivity index is 2.54. The van der Waals surface area contributed by atoms with Crippen LogP contribution in [0.2, 0.25) is 0 Å². The van der Waals surface area contributed by atoms with Gasteiger partial charge in [0.2, 0.25) is 13.8 Å². The molecule has 0 spiro atoms. The van der Waals surface area contributed by atoms with E-state index < -0.39 is 13.0 Å². The summed E-state index contributed by atoms with van der Waals surface area (Å²) in [6.45, 7) is 15.5. The number of nitrogens with one attached hydrogen (secondary N) is 4. The van der Waals surface area contributed by atoms with Gasteiger partial charge in [-0.1, -0.05) is 51.2 Å². The third-order valence-corrected chi connectivity index (χ3v) is 10.3. The smallest absolute Gasteiger partial charge is 0.325 e. The van der Waals surface area contributed by atoms with Crippen LogP contribution >= 0.6 is 7.37 Å². The number of carbonyl (C=O) groups is 3. The molecule has 0 aliphatic heterocycles. The summed E-state index contributed by atoms with van der Waals surface area (Å²) in [7, 11) is 2.65. The van der Waals surface area contributed by atoms with Gasteiger partial charge in [0.05, 0.1) is 5.60 Å². The third kappa shape index (κ3) is 19.5. The number of carbonyl (C=O) groups excluding carboxylic acids is 3. The predicted molar refractivity (Wildman–Crippen MR) is 207 cm³/mol. The standard InChI is InChI=1S/C37H68N7O5P/c1-32(43(31-45)28-19-13-9-15-24-38-5)44(29-20-14-10-16-25-39-6)36(47)42(7)27-18-12-11-17-26-40-35(46)41-33-22-21-23-34(30-33)50(8,48)49-37(2,3)4/h21-23,30-31,38-39H,1,9-20,24-29H2,2-8H3,(H2,40,41,46). The van der Waals surface area contributed by atoms with E-state index in [9.17, 15) is 18.9 Å². The van der Waals surface area contributed by atoms with Gasteiger partial charge in [-0.15, -0.1) is 0 Å². The minimum atomic E-state index is -3.05. The zero-order chi connectivity index (χ0) is 37.4. The summed E-state index contributed by atoms with van der Waals surface area (Å²) in [4.78, 5) is 43.1. The van der Waals surface area contributed by atoms with E-state index in [1.165, 1.54) is 0 Å². The average molecular weight is 722 g/mol. The van der Waals surface area contributed by atoms with Crippen molar-refractivity contribution in [2.45, 2.75) is 103 Å². The summed E-state index contributed by atoms with van der Waals surface area (Å²) in [5, 5.41) is 12.6. The lowest BCUT2D eigenvalue weighted by atomic mass is 10.1. The minimum Gasteiger partial charge on any atom is -0.338 e. The molecule has 0 aromatic heterocycles. The van der Waals surface area contributed by atoms with Gasteiger partial charge >= 0.3 is 12.1 Å². The Kier molecular flexibility index (Phi) is 22.6. The summed E-state index contributed by atoms with van der Waals surface area (Å²) < 4.78 is 18.9. The summed E-state index contributed by atoms with van der Waals surface area (Å²) in [6.07, 6.45) is 12.3. The Morgan fingerprint density at radius 2 is 1.38 bits per heavy atom. The molecule has 0 radical (unpaired) electrons. The van der Waals surface area contributed by atoms with Gasteiger partial charge in [0.25, 0.3) is 0 Å². The molecule has 12 nitrogen and oxygen atoms in total. The van der Waals surface area contributed by atoms with Crippen molar-refractivity contribution >= 4 is 36.8 Å². The number of urea groups is 2. The Bertz CT molecular complexity index is 1190. The van der Waals surface area contributed by atoms with Crippen LogP contribution in [0.25, 0.3) is 0 Å². The molecule has 50 heavy (non-hydrogen) atoms. The lowest BCUT2D eigenvalue weighted by Gasteiger charge is -2.33. The van der Waals surface area contributed by atoms with Crippen molar-refractivity contribution in [3.8, 4) is 0 Å². The molecule has 1 aromatic carbocycles. The fourth-order valence-electron chi connectivity index (χ4n) is 5.51. The van der Waals surface area contributed by atoms with Crippen LogP contribution in [0.4, 0.5) is 15.3 Å². The topological polar surface area (TPSA) is 135 Å². The van der Waals surface area contributed by atoms with Crippen LogP contribution in [-0.4, -0.2) is 106 Å². The van der Waals surface area contributed by atoms with Crippen LogP contribution in [-0.2, 0) is 13.9 Å². The van der Waals surface area contributed by atoms with Crippen molar-refractivity contribution in [2.75, 3.05) is 72.4 Å². The molecule has 1 unspecified atom stereocenters. The van der Waals surface area contributed by atoms with E-state index in [0.717, 1.165) is 96.5 Å². The zero-order valence-corrected chi connectivity index (χ0v) is 33.0. The summed E-state index contributed by atoms with van der Waals surface area (Å²) in [5.74, 6) is 0.445. The number of hydrogen-bond acceptors (Lipinski definition) is 7. The van der Waals surface area contributed by atoms with Crippen LogP contribution in [0, 0.1) is 0 Å². The molecule has 0 fully saturated rings. The van der Waals surface area contributed by atoms with Gasteiger partial charge in [0.1, 0.15) is 5.82 Å². The second-order valence-corrected chi connectivity index (χ2v) is 16.4. The van der Waals surface area contributed by atoms with E-state index in [4.69, 9.17) is 4.52 Å². The van der Waals surface area contributed by atoms with Crippen LogP contribution in [0.15, 0.2) is 36.7 Å². The first kappa shape index (κ1) is 45.1. The highest BCUT2D eigenvalue weighted by Gasteiger charge is 2.27. The number of amides is 5. The number of rotatable bonds is 27. The van der Waals surface area contributed by atoms with Gasteiger partial charge in [0.15, 0.2) is 0 Å². The average Bonchev–Trinajstić information content (AvgIpc) is 3.05. The van der Waals surface area contributed by atoms with E-state index in [-0.39, 0.29) is 12.1 Å². The largest absolute Gasteiger partial charge is 0.338 e. The highest BCUT2D eigenvalue weighted by Crippen LogP contribution is 2.45. The van der Waals surface area contributed by atoms with Crippen molar-refractivity contribution in [2.24, 2.45) is 0 Å². The fraction of sp³-hybridized carbons (Fsp3) is 0.703. The zero-order valence-electron chi connectivity index (χ0n) is 32.2. The molecular formula is C37H68N7O5P. The molecule has 4 N–H and O–H groups in total. The Hall–Kier alpha value is -2.92. The van der Waals surface area contributed by atoms with Gasteiger partial charge in [0, 0.05) is 50.9 Å². The number of nitrogens with zero attached hydrogens (tertiary/aromatic N) is 3. The normalized spacial score (nSPS) is 12.5. The molecule has 0 aliphatic rings. The van der Waals surface area contributed by atoms with Crippen LogP contribution < -0.4 is 26.6 Å². The molecule has 1 aromatic rings. The minimum absolute atomic E-state index is 0.141. The predicted octanol–water partition coefficient (Wildman–Crippen LogP) is 6.56. The highest BCUT2D eigenvalue weighted by molar-refractivity contribution is 7.66. The van der Waals surface area contributed by atoms with Gasteiger partial charge < -0.3 is 35.6 Å². The number of hydrogen-bond donors (Lipinski definition) is 4. The van der Waals surface area contributed by atoms with Crippen LogP contribution in [0.5, 0.6) is 0 Å². The Morgan fingerprint density at radius 1 is 0.840 bits per heavy atom. The van der Waals surface area contributed by atoms with Crippen molar-refractivity contribution < 1.29 is 23.5 Å². The first-order chi connectivity index (χ1) is 23.8. The van der Waals surface area contributed by atoms with Gasteiger partial charge in [-0.05, 0) is 105 Å². The molecule has 0 saturated heterocycles. The number of unbranched alkanes of at least 4 members (excludes halogenated alkanes) is 9. The van der Waals surface area contributed by atoms with E-state index >= 15 is 0 Å². The van der Waals surface area contributed by atoms with E-state index in [1.807, 2.05) is 34.9 Å². The van der Waals surface area contributed by atoms with Crippen molar-refractivity contribution in [1.82, 2.24) is 30.7 Å². The molecular weight excluding hydrogens is 653 g/mol. The molecule has 0 aliphatic carbocycles. The van der Waals surface area contributed by atoms with Crippen molar-refractivity contribution in [3.05, 3.63) is 36.7 Å². The maximum atomic E-state index is 13.6. The molecule has 1 rings (SSSR count). The second-order valence-electron chi connectivity index (χ2n) is 14.0.